The van der Waals surface area contributed by atoms with E-state index < -0.39 is 4.92 Å². The Morgan fingerprint density at radius 1 is 1.44 bits per heavy atom. The molecule has 3 rings (SSSR count). The fraction of sp³-hybridized carbons (Fsp3) is 0.133. The first-order valence-corrected chi connectivity index (χ1v) is 8.81. The summed E-state index contributed by atoms with van der Waals surface area (Å²) in [7, 11) is 0. The average Bonchev–Trinajstić information content (AvgIpc) is 3.18. The standard InChI is InChI=1S/C15H12BrN5O3S/c1-9-14(15(22)17-7-13-5-10(16)8-25-13)18-19-20(9)11-3-2-4-12(6-11)21(23)24/h2-6,8H,7H2,1H3,(H,17,22). The van der Waals surface area contributed by atoms with Crippen molar-refractivity contribution in [1.82, 2.24) is 20.3 Å². The van der Waals surface area contributed by atoms with Crippen LogP contribution < -0.4 is 5.32 Å². The van der Waals surface area contributed by atoms with Gasteiger partial charge >= 0.3 is 0 Å². The minimum atomic E-state index is -0.484. The number of carbonyl (C=O) groups is 1. The molecule has 0 saturated heterocycles. The van der Waals surface area contributed by atoms with Crippen LogP contribution in [0.4, 0.5) is 5.69 Å². The fourth-order valence-corrected chi connectivity index (χ4v) is 3.61. The summed E-state index contributed by atoms with van der Waals surface area (Å²) in [5.41, 5.74) is 1.11. The number of aromatic nitrogens is 3. The van der Waals surface area contributed by atoms with Crippen molar-refractivity contribution in [2.24, 2.45) is 0 Å². The smallest absolute Gasteiger partial charge is 0.274 e. The highest BCUT2D eigenvalue weighted by atomic mass is 79.9. The van der Waals surface area contributed by atoms with Crippen LogP contribution in [0.25, 0.3) is 5.69 Å². The number of hydrogen-bond donors (Lipinski definition) is 1. The number of rotatable bonds is 5. The van der Waals surface area contributed by atoms with E-state index in [1.54, 1.807) is 19.1 Å². The number of benzene rings is 1. The molecule has 0 unspecified atom stereocenters. The molecule has 0 aliphatic heterocycles. The number of hydrogen-bond acceptors (Lipinski definition) is 6. The number of amides is 1. The molecule has 0 atom stereocenters. The lowest BCUT2D eigenvalue weighted by molar-refractivity contribution is -0.384. The van der Waals surface area contributed by atoms with E-state index in [2.05, 4.69) is 31.6 Å². The first-order valence-electron chi connectivity index (χ1n) is 7.14. The molecule has 0 bridgehead atoms. The lowest BCUT2D eigenvalue weighted by Gasteiger charge is -2.04. The Kier molecular flexibility index (Phi) is 4.91. The van der Waals surface area contributed by atoms with Gasteiger partial charge in [0, 0.05) is 26.9 Å². The Morgan fingerprint density at radius 3 is 2.92 bits per heavy atom. The third-order valence-electron chi connectivity index (χ3n) is 3.44. The summed E-state index contributed by atoms with van der Waals surface area (Å²) in [6, 6.07) is 7.93. The van der Waals surface area contributed by atoms with Gasteiger partial charge < -0.3 is 5.32 Å². The zero-order chi connectivity index (χ0) is 18.0. The highest BCUT2D eigenvalue weighted by molar-refractivity contribution is 9.10. The van der Waals surface area contributed by atoms with Crippen LogP contribution in [0.3, 0.4) is 0 Å². The van der Waals surface area contributed by atoms with Crippen molar-refractivity contribution in [3.8, 4) is 5.69 Å². The molecule has 1 N–H and O–H groups in total. The number of nitrogens with zero attached hydrogens (tertiary/aromatic N) is 4. The molecule has 8 nitrogen and oxygen atoms in total. The molecule has 2 aromatic heterocycles. The maximum Gasteiger partial charge on any atom is 0.274 e. The predicted octanol–water partition coefficient (Wildman–Crippen LogP) is 3.24. The van der Waals surface area contributed by atoms with Crippen LogP contribution in [0.1, 0.15) is 21.1 Å². The molecule has 25 heavy (non-hydrogen) atoms. The van der Waals surface area contributed by atoms with Crippen molar-refractivity contribution in [3.05, 3.63) is 66.6 Å². The number of thiophene rings is 1. The summed E-state index contributed by atoms with van der Waals surface area (Å²) in [5, 5.41) is 23.5. The van der Waals surface area contributed by atoms with Gasteiger partial charge in [-0.05, 0) is 35.0 Å². The van der Waals surface area contributed by atoms with Crippen LogP contribution >= 0.6 is 27.3 Å². The molecule has 1 amide bonds. The Hall–Kier alpha value is -2.59. The zero-order valence-electron chi connectivity index (χ0n) is 13.0. The summed E-state index contributed by atoms with van der Waals surface area (Å²) in [5.74, 6) is -0.348. The largest absolute Gasteiger partial charge is 0.346 e. The molecule has 128 valence electrons. The lowest BCUT2D eigenvalue weighted by Crippen LogP contribution is -2.23. The maximum absolute atomic E-state index is 12.3. The molecule has 0 radical (unpaired) electrons. The molecule has 1 aromatic carbocycles. The topological polar surface area (TPSA) is 103 Å². The second kappa shape index (κ2) is 7.11. The monoisotopic (exact) mass is 421 g/mol. The quantitative estimate of drug-likeness (QED) is 0.502. The molecular formula is C15H12BrN5O3S. The van der Waals surface area contributed by atoms with Crippen molar-refractivity contribution >= 4 is 38.9 Å². The van der Waals surface area contributed by atoms with E-state index in [1.807, 2.05) is 11.4 Å². The van der Waals surface area contributed by atoms with Crippen LogP contribution in [-0.2, 0) is 6.54 Å². The zero-order valence-corrected chi connectivity index (χ0v) is 15.4. The van der Waals surface area contributed by atoms with E-state index in [0.29, 0.717) is 17.9 Å². The predicted molar refractivity (Wildman–Crippen MR) is 95.9 cm³/mol. The number of nitro benzene ring substituents is 1. The van der Waals surface area contributed by atoms with Gasteiger partial charge in [-0.25, -0.2) is 4.68 Å². The molecular weight excluding hydrogens is 410 g/mol. The third kappa shape index (κ3) is 3.74. The van der Waals surface area contributed by atoms with Crippen LogP contribution in [-0.4, -0.2) is 25.8 Å². The first kappa shape index (κ1) is 17.2. The van der Waals surface area contributed by atoms with E-state index in [9.17, 15) is 14.9 Å². The summed E-state index contributed by atoms with van der Waals surface area (Å²) < 4.78 is 2.37. The van der Waals surface area contributed by atoms with Crippen LogP contribution in [0.2, 0.25) is 0 Å². The first-order chi connectivity index (χ1) is 12.0. The number of halogens is 1. The van der Waals surface area contributed by atoms with Crippen molar-refractivity contribution in [3.63, 3.8) is 0 Å². The van der Waals surface area contributed by atoms with Crippen LogP contribution in [0.15, 0.2) is 40.2 Å². The number of nitrogens with one attached hydrogen (secondary N) is 1. The minimum absolute atomic E-state index is 0.0540. The van der Waals surface area contributed by atoms with E-state index in [1.165, 1.54) is 28.2 Å². The van der Waals surface area contributed by atoms with Gasteiger partial charge in [-0.2, -0.15) is 0 Å². The van der Waals surface area contributed by atoms with Crippen molar-refractivity contribution in [2.45, 2.75) is 13.5 Å². The average molecular weight is 422 g/mol. The van der Waals surface area contributed by atoms with Crippen LogP contribution in [0.5, 0.6) is 0 Å². The number of nitro groups is 1. The second-order valence-electron chi connectivity index (χ2n) is 5.13. The molecule has 10 heteroatoms. The fourth-order valence-electron chi connectivity index (χ4n) is 2.22. The molecule has 0 aliphatic carbocycles. The maximum atomic E-state index is 12.3. The van der Waals surface area contributed by atoms with Gasteiger partial charge in [0.15, 0.2) is 5.69 Å². The van der Waals surface area contributed by atoms with Crippen LogP contribution in [0, 0.1) is 17.0 Å². The Balaban J connectivity index is 1.79. The molecule has 3 aromatic rings. The van der Waals surface area contributed by atoms with Gasteiger partial charge in [0.25, 0.3) is 11.6 Å². The highest BCUT2D eigenvalue weighted by Gasteiger charge is 2.18. The summed E-state index contributed by atoms with van der Waals surface area (Å²) >= 11 is 4.90. The third-order valence-corrected chi connectivity index (χ3v) is 5.14. The van der Waals surface area contributed by atoms with Gasteiger partial charge in [-0.3, -0.25) is 14.9 Å². The van der Waals surface area contributed by atoms with Gasteiger partial charge in [0.1, 0.15) is 0 Å². The van der Waals surface area contributed by atoms with E-state index in [-0.39, 0.29) is 17.3 Å². The van der Waals surface area contributed by atoms with E-state index in [4.69, 9.17) is 0 Å². The molecule has 0 saturated carbocycles. The summed E-state index contributed by atoms with van der Waals surface area (Å²) in [6.07, 6.45) is 0. The van der Waals surface area contributed by atoms with E-state index >= 15 is 0 Å². The SMILES string of the molecule is Cc1c(C(=O)NCc2cc(Br)cs2)nnn1-c1cccc([N+](=O)[O-])c1. The van der Waals surface area contributed by atoms with Crippen molar-refractivity contribution in [2.75, 3.05) is 0 Å². The van der Waals surface area contributed by atoms with Gasteiger partial charge in [-0.1, -0.05) is 11.3 Å². The molecule has 2 heterocycles. The Morgan fingerprint density at radius 2 is 2.24 bits per heavy atom. The second-order valence-corrected chi connectivity index (χ2v) is 7.04. The van der Waals surface area contributed by atoms with Gasteiger partial charge in [0.05, 0.1) is 22.8 Å². The number of carbonyl (C=O) groups excluding carboxylic acids is 1. The molecule has 0 fully saturated rings. The van der Waals surface area contributed by atoms with Crippen molar-refractivity contribution < 1.29 is 9.72 Å². The van der Waals surface area contributed by atoms with Crippen molar-refractivity contribution in [1.29, 1.82) is 0 Å². The Bertz CT molecular complexity index is 952. The highest BCUT2D eigenvalue weighted by Crippen LogP contribution is 2.20. The normalized spacial score (nSPS) is 10.6. The van der Waals surface area contributed by atoms with Gasteiger partial charge in [-0.15, -0.1) is 16.4 Å². The minimum Gasteiger partial charge on any atom is -0.346 e. The number of non-ortho nitro benzene ring substituents is 1. The Labute approximate surface area is 154 Å². The molecule has 0 aliphatic rings. The summed E-state index contributed by atoms with van der Waals surface area (Å²) in [4.78, 5) is 23.7. The van der Waals surface area contributed by atoms with E-state index in [0.717, 1.165) is 9.35 Å². The molecule has 0 spiro atoms. The summed E-state index contributed by atoms with van der Waals surface area (Å²) in [6.45, 7) is 2.08. The van der Waals surface area contributed by atoms with Gasteiger partial charge in [0.2, 0.25) is 0 Å². The lowest BCUT2D eigenvalue weighted by atomic mass is 10.2.